The Labute approximate surface area is 279 Å². The average Bonchev–Trinajstić information content (AvgIpc) is 3.05. The molecule has 0 unspecified atom stereocenters. The highest BCUT2D eigenvalue weighted by Crippen LogP contribution is 2.22. The first-order valence-corrected chi connectivity index (χ1v) is 15.7. The van der Waals surface area contributed by atoms with Crippen LogP contribution in [-0.2, 0) is 27.3 Å². The van der Waals surface area contributed by atoms with Gasteiger partial charge in [-0.2, -0.15) is 0 Å². The van der Waals surface area contributed by atoms with Gasteiger partial charge in [0, 0.05) is 25.2 Å². The summed E-state index contributed by atoms with van der Waals surface area (Å²) in [5, 5.41) is 5.61. The van der Waals surface area contributed by atoms with Crippen molar-refractivity contribution in [2.24, 2.45) is 16.5 Å². The van der Waals surface area contributed by atoms with Crippen LogP contribution in [0.5, 0.6) is 5.75 Å². The number of ether oxygens (including phenoxy) is 1. The Kier molecular flexibility index (Phi) is 12.5. The van der Waals surface area contributed by atoms with Crippen molar-refractivity contribution in [1.29, 1.82) is 0 Å². The number of carbonyl (C=O) groups is 4. The van der Waals surface area contributed by atoms with Gasteiger partial charge in [0.25, 0.3) is 5.91 Å². The second kappa shape index (κ2) is 16.9. The quantitative estimate of drug-likeness (QED) is 0.190. The Morgan fingerprint density at radius 2 is 1.62 bits per heavy atom. The van der Waals surface area contributed by atoms with E-state index in [2.05, 4.69) is 15.6 Å². The number of rotatable bonds is 10. The lowest BCUT2D eigenvalue weighted by Gasteiger charge is -2.31. The predicted octanol–water partition coefficient (Wildman–Crippen LogP) is 1.81. The summed E-state index contributed by atoms with van der Waals surface area (Å²) in [6.45, 7) is 3.48. The van der Waals surface area contributed by atoms with Crippen LogP contribution in [0.15, 0.2) is 71.7 Å². The monoisotopic (exact) mass is 659 g/mol. The van der Waals surface area contributed by atoms with Gasteiger partial charge in [0.15, 0.2) is 5.96 Å². The molecule has 0 bridgehead atoms. The maximum Gasteiger partial charge on any atom is 0.252 e. The lowest BCUT2D eigenvalue weighted by molar-refractivity contribution is -0.143. The summed E-state index contributed by atoms with van der Waals surface area (Å²) in [7, 11) is 0. The fourth-order valence-corrected chi connectivity index (χ4v) is 5.38. The van der Waals surface area contributed by atoms with Crippen molar-refractivity contribution in [2.75, 3.05) is 39.3 Å². The number of halogens is 1. The van der Waals surface area contributed by atoms with Crippen molar-refractivity contribution < 1.29 is 28.3 Å². The van der Waals surface area contributed by atoms with E-state index in [1.54, 1.807) is 36.4 Å². The second-order valence-corrected chi connectivity index (χ2v) is 11.6. The number of hydrogen-bond acceptors (Lipinski definition) is 6. The molecule has 4 amide bonds. The largest absolute Gasteiger partial charge is 0.491 e. The van der Waals surface area contributed by atoms with Crippen LogP contribution in [0, 0.1) is 19.7 Å². The Hall–Kier alpha value is -5.46. The Balaban J connectivity index is 1.66. The summed E-state index contributed by atoms with van der Waals surface area (Å²) in [5.41, 5.74) is 14.5. The summed E-state index contributed by atoms with van der Waals surface area (Å²) in [6.07, 6.45) is 0.350. The van der Waals surface area contributed by atoms with E-state index in [9.17, 15) is 23.6 Å². The molecule has 12 nitrogen and oxygen atoms in total. The maximum atomic E-state index is 14.2. The highest BCUT2D eigenvalue weighted by molar-refractivity contribution is 5.99. The molecule has 48 heavy (non-hydrogen) atoms. The van der Waals surface area contributed by atoms with Crippen LogP contribution < -0.4 is 26.8 Å². The van der Waals surface area contributed by atoms with Gasteiger partial charge in [-0.25, -0.2) is 4.39 Å². The van der Waals surface area contributed by atoms with Crippen molar-refractivity contribution in [3.63, 3.8) is 0 Å². The van der Waals surface area contributed by atoms with E-state index in [0.29, 0.717) is 17.7 Å². The molecule has 0 saturated heterocycles. The van der Waals surface area contributed by atoms with Crippen LogP contribution in [0.1, 0.15) is 39.0 Å². The topological polar surface area (TPSA) is 172 Å². The third-order valence-electron chi connectivity index (χ3n) is 7.98. The van der Waals surface area contributed by atoms with Gasteiger partial charge in [0.2, 0.25) is 17.7 Å². The number of aliphatic imine (C=N–C) groups is 1. The van der Waals surface area contributed by atoms with E-state index >= 15 is 0 Å². The fraction of sp³-hybridized carbons (Fsp3) is 0.343. The van der Waals surface area contributed by atoms with Crippen molar-refractivity contribution >= 4 is 29.6 Å². The fourth-order valence-electron chi connectivity index (χ4n) is 5.38. The molecular formula is C35H42FN7O5. The summed E-state index contributed by atoms with van der Waals surface area (Å²) in [4.78, 5) is 61.4. The number of benzene rings is 3. The van der Waals surface area contributed by atoms with Crippen molar-refractivity contribution in [2.45, 2.75) is 39.3 Å². The lowest BCUT2D eigenvalue weighted by Crippen LogP contribution is -2.54. The van der Waals surface area contributed by atoms with Gasteiger partial charge in [0.05, 0.1) is 19.6 Å². The highest BCUT2D eigenvalue weighted by Gasteiger charge is 2.30. The molecule has 3 aromatic rings. The summed E-state index contributed by atoms with van der Waals surface area (Å²) in [6, 6.07) is 17.2. The molecule has 254 valence electrons. The maximum absolute atomic E-state index is 14.2. The number of guanidine groups is 1. The predicted molar refractivity (Wildman–Crippen MR) is 180 cm³/mol. The number of amides is 4. The van der Waals surface area contributed by atoms with Crippen LogP contribution in [-0.4, -0.2) is 84.8 Å². The van der Waals surface area contributed by atoms with Crippen molar-refractivity contribution in [1.82, 2.24) is 20.4 Å². The first-order chi connectivity index (χ1) is 23.0. The minimum absolute atomic E-state index is 0.0275. The second-order valence-electron chi connectivity index (χ2n) is 11.6. The number of carbonyl (C=O) groups excluding carboxylic acids is 4. The molecular weight excluding hydrogens is 617 g/mol. The Morgan fingerprint density at radius 1 is 0.917 bits per heavy atom. The summed E-state index contributed by atoms with van der Waals surface area (Å²) < 4.78 is 19.6. The molecule has 4 rings (SSSR count). The third-order valence-corrected chi connectivity index (χ3v) is 7.98. The molecule has 0 spiro atoms. The normalized spacial score (nSPS) is 16.0. The number of nitrogens with zero attached hydrogens (tertiary/aromatic N) is 3. The zero-order valence-corrected chi connectivity index (χ0v) is 27.2. The van der Waals surface area contributed by atoms with Crippen molar-refractivity contribution in [3.05, 3.63) is 100 Å². The minimum atomic E-state index is -1.09. The minimum Gasteiger partial charge on any atom is -0.491 e. The van der Waals surface area contributed by atoms with Crippen LogP contribution in [0.3, 0.4) is 0 Å². The molecule has 13 heteroatoms. The van der Waals surface area contributed by atoms with Gasteiger partial charge in [0.1, 0.15) is 24.2 Å². The van der Waals surface area contributed by atoms with E-state index in [4.69, 9.17) is 16.2 Å². The molecule has 0 aromatic heterocycles. The van der Waals surface area contributed by atoms with Crippen LogP contribution in [0.25, 0.3) is 0 Å². The lowest BCUT2D eigenvalue weighted by atomic mass is 10.0. The smallest absolute Gasteiger partial charge is 0.252 e. The standard InChI is InChI=1S/C35H42FN7O5/c1-23-6-5-7-24(2)32(23)48-19-18-42-21-30(44)40-20-26-8-3-4-9-28(26)33(46)41-29(14-16-39-35(37)38)34(47)43(22-31(42)45)17-15-25-10-12-27(36)13-11-25/h3-13,29H,14-22H2,1-2H3,(H,40,44)(H,41,46)(H4,37,38,39)/t29-/m1/s1. The van der Waals surface area contributed by atoms with Crippen molar-refractivity contribution in [3.8, 4) is 5.75 Å². The first kappa shape index (κ1) is 35.4. The number of nitrogens with two attached hydrogens (primary N) is 2. The molecule has 6 N–H and O–H groups in total. The van der Waals surface area contributed by atoms with Crippen LogP contribution in [0.2, 0.25) is 0 Å². The van der Waals surface area contributed by atoms with Crippen LogP contribution >= 0.6 is 0 Å². The molecule has 3 aromatic carbocycles. The van der Waals surface area contributed by atoms with Crippen LogP contribution in [0.4, 0.5) is 4.39 Å². The Morgan fingerprint density at radius 3 is 2.33 bits per heavy atom. The molecule has 0 saturated carbocycles. The number of fused-ring (bicyclic) bond motifs is 1. The van der Waals surface area contributed by atoms with Gasteiger partial charge < -0.3 is 36.6 Å². The highest BCUT2D eigenvalue weighted by atomic mass is 19.1. The van der Waals surface area contributed by atoms with E-state index in [-0.39, 0.29) is 63.8 Å². The molecule has 0 fully saturated rings. The number of para-hydroxylation sites is 1. The average molecular weight is 660 g/mol. The summed E-state index contributed by atoms with van der Waals surface area (Å²) in [5.74, 6) is -1.87. The first-order valence-electron chi connectivity index (χ1n) is 15.7. The molecule has 0 radical (unpaired) electrons. The molecule has 1 aliphatic heterocycles. The molecule has 1 atom stereocenters. The van der Waals surface area contributed by atoms with E-state index in [0.717, 1.165) is 16.7 Å². The van der Waals surface area contributed by atoms with Gasteiger partial charge >= 0.3 is 0 Å². The molecule has 0 aliphatic carbocycles. The SMILES string of the molecule is Cc1cccc(C)c1OCCN1CC(=O)NCc2ccccc2C(=O)N[C@H](CCN=C(N)N)C(=O)N(CCc2ccc(F)cc2)CC1=O. The van der Waals surface area contributed by atoms with Gasteiger partial charge in [-0.3, -0.25) is 24.2 Å². The van der Waals surface area contributed by atoms with E-state index in [1.807, 2.05) is 32.0 Å². The number of nitrogens with one attached hydrogen (secondary N) is 2. The zero-order chi connectivity index (χ0) is 34.6. The number of aryl methyl sites for hydroxylation is 2. The molecule has 1 aliphatic rings. The zero-order valence-electron chi connectivity index (χ0n) is 27.2. The van der Waals surface area contributed by atoms with Gasteiger partial charge in [-0.05, 0) is 67.1 Å². The van der Waals surface area contributed by atoms with Gasteiger partial charge in [-0.1, -0.05) is 48.5 Å². The van der Waals surface area contributed by atoms with E-state index < -0.39 is 35.5 Å². The summed E-state index contributed by atoms with van der Waals surface area (Å²) >= 11 is 0. The van der Waals surface area contributed by atoms with Gasteiger partial charge in [-0.15, -0.1) is 0 Å². The number of hydrogen-bond donors (Lipinski definition) is 4. The molecule has 1 heterocycles. The Bertz CT molecular complexity index is 1620. The van der Waals surface area contributed by atoms with E-state index in [1.165, 1.54) is 21.9 Å². The third kappa shape index (κ3) is 10.0.